The zero-order valence-corrected chi connectivity index (χ0v) is 12.2. The Labute approximate surface area is 114 Å². The van der Waals surface area contributed by atoms with Gasteiger partial charge in [0, 0.05) is 24.1 Å². The summed E-state index contributed by atoms with van der Waals surface area (Å²) in [4.78, 5) is 0. The van der Waals surface area contributed by atoms with E-state index < -0.39 is 0 Å². The van der Waals surface area contributed by atoms with Crippen LogP contribution in [-0.2, 0) is 0 Å². The number of hydrogen-bond donors (Lipinski definition) is 2. The fourth-order valence-corrected chi connectivity index (χ4v) is 1.95. The monoisotopic (exact) mass is 269 g/mol. The van der Waals surface area contributed by atoms with Gasteiger partial charge in [-0.25, -0.2) is 4.39 Å². The van der Waals surface area contributed by atoms with E-state index in [1.165, 1.54) is 6.07 Å². The van der Waals surface area contributed by atoms with Gasteiger partial charge in [-0.05, 0) is 25.5 Å². The molecule has 0 amide bonds. The van der Waals surface area contributed by atoms with Crippen molar-refractivity contribution < 1.29 is 14.2 Å². The van der Waals surface area contributed by atoms with Gasteiger partial charge in [0.05, 0.1) is 13.2 Å². The molecule has 1 aromatic carbocycles. The molecule has 0 radical (unpaired) electrons. The summed E-state index contributed by atoms with van der Waals surface area (Å²) in [7, 11) is 0. The minimum absolute atomic E-state index is 0.0385. The van der Waals surface area contributed by atoms with Crippen LogP contribution in [0.5, 0.6) is 5.75 Å². The molecule has 0 aromatic heterocycles. The molecule has 4 heteroatoms. The van der Waals surface area contributed by atoms with E-state index in [1.54, 1.807) is 19.1 Å². The summed E-state index contributed by atoms with van der Waals surface area (Å²) in [5, 5.41) is 12.7. The molecule has 0 heterocycles. The molecule has 0 bridgehead atoms. The Morgan fingerprint density at radius 3 is 2.63 bits per heavy atom. The van der Waals surface area contributed by atoms with Gasteiger partial charge in [0.15, 0.2) is 0 Å². The molecule has 0 fully saturated rings. The van der Waals surface area contributed by atoms with Crippen molar-refractivity contribution in [1.82, 2.24) is 5.32 Å². The number of aliphatic hydroxyl groups is 1. The molecule has 1 unspecified atom stereocenters. The van der Waals surface area contributed by atoms with Gasteiger partial charge < -0.3 is 15.2 Å². The lowest BCUT2D eigenvalue weighted by molar-refractivity contribution is 0.136. The van der Waals surface area contributed by atoms with Crippen molar-refractivity contribution in [3.63, 3.8) is 0 Å². The highest BCUT2D eigenvalue weighted by molar-refractivity contribution is 5.27. The first-order valence-electron chi connectivity index (χ1n) is 6.64. The zero-order valence-electron chi connectivity index (χ0n) is 12.2. The lowest BCUT2D eigenvalue weighted by Crippen LogP contribution is -2.49. The van der Waals surface area contributed by atoms with E-state index in [-0.39, 0.29) is 24.0 Å². The fourth-order valence-electron chi connectivity index (χ4n) is 1.95. The van der Waals surface area contributed by atoms with Crippen molar-refractivity contribution in [3.05, 3.63) is 29.6 Å². The third kappa shape index (κ3) is 5.17. The second-order valence-corrected chi connectivity index (χ2v) is 5.53. The van der Waals surface area contributed by atoms with Crippen molar-refractivity contribution in [2.24, 2.45) is 0 Å². The third-order valence-electron chi connectivity index (χ3n) is 3.05. The van der Waals surface area contributed by atoms with Gasteiger partial charge in [-0.1, -0.05) is 19.9 Å². The molecule has 19 heavy (non-hydrogen) atoms. The number of halogens is 1. The molecule has 1 aromatic rings. The number of nitrogens with one attached hydrogen (secondary N) is 1. The summed E-state index contributed by atoms with van der Waals surface area (Å²) in [6, 6.07) is 5.13. The van der Waals surface area contributed by atoms with Crippen molar-refractivity contribution in [3.8, 4) is 5.75 Å². The molecule has 0 spiro atoms. The highest BCUT2D eigenvalue weighted by Crippen LogP contribution is 2.17. The summed E-state index contributed by atoms with van der Waals surface area (Å²) < 4.78 is 18.9. The number of rotatable bonds is 7. The minimum atomic E-state index is -0.378. The lowest BCUT2D eigenvalue weighted by atomic mass is 9.98. The Morgan fingerprint density at radius 2 is 2.11 bits per heavy atom. The van der Waals surface area contributed by atoms with Crippen molar-refractivity contribution >= 4 is 0 Å². The van der Waals surface area contributed by atoms with Gasteiger partial charge in [-0.2, -0.15) is 0 Å². The SMILES string of the molecule is Cc1ccc(OCCC(C)(CO)NC(C)C)cc1F. The Morgan fingerprint density at radius 1 is 1.42 bits per heavy atom. The predicted octanol–water partition coefficient (Wildman–Crippen LogP) is 2.65. The van der Waals surface area contributed by atoms with Crippen LogP contribution in [-0.4, -0.2) is 29.9 Å². The highest BCUT2D eigenvalue weighted by Gasteiger charge is 2.23. The quantitative estimate of drug-likeness (QED) is 0.799. The molecule has 0 aliphatic rings. The maximum Gasteiger partial charge on any atom is 0.129 e. The number of benzene rings is 1. The van der Waals surface area contributed by atoms with E-state index in [4.69, 9.17) is 4.74 Å². The normalized spacial score (nSPS) is 14.5. The first kappa shape index (κ1) is 15.9. The Hall–Kier alpha value is -1.13. The van der Waals surface area contributed by atoms with E-state index in [9.17, 15) is 9.50 Å². The number of hydrogen-bond acceptors (Lipinski definition) is 3. The van der Waals surface area contributed by atoms with E-state index in [2.05, 4.69) is 5.32 Å². The first-order valence-corrected chi connectivity index (χ1v) is 6.64. The highest BCUT2D eigenvalue weighted by atomic mass is 19.1. The molecule has 2 N–H and O–H groups in total. The van der Waals surface area contributed by atoms with Gasteiger partial charge in [0.25, 0.3) is 0 Å². The molecule has 0 aliphatic heterocycles. The largest absolute Gasteiger partial charge is 0.493 e. The van der Waals surface area contributed by atoms with Crippen LogP contribution in [0.2, 0.25) is 0 Å². The molecular weight excluding hydrogens is 245 g/mol. The molecule has 0 saturated carbocycles. The van der Waals surface area contributed by atoms with Crippen LogP contribution >= 0.6 is 0 Å². The Kier molecular flexibility index (Phi) is 5.76. The maximum atomic E-state index is 13.3. The van der Waals surface area contributed by atoms with Gasteiger partial charge in [0.2, 0.25) is 0 Å². The fraction of sp³-hybridized carbons (Fsp3) is 0.600. The summed E-state index contributed by atoms with van der Waals surface area (Å²) in [5.74, 6) is 0.260. The second kappa shape index (κ2) is 6.87. The molecule has 3 nitrogen and oxygen atoms in total. The first-order chi connectivity index (χ1) is 8.86. The van der Waals surface area contributed by atoms with Crippen LogP contribution < -0.4 is 10.1 Å². The molecule has 0 saturated heterocycles. The topological polar surface area (TPSA) is 41.5 Å². The summed E-state index contributed by atoms with van der Waals surface area (Å²) in [6.07, 6.45) is 0.650. The van der Waals surface area contributed by atoms with Crippen molar-refractivity contribution in [2.75, 3.05) is 13.2 Å². The van der Waals surface area contributed by atoms with Crippen LogP contribution in [0.1, 0.15) is 32.8 Å². The number of aliphatic hydroxyl groups excluding tert-OH is 1. The van der Waals surface area contributed by atoms with E-state index in [0.29, 0.717) is 24.3 Å². The standard InChI is InChI=1S/C15H24FNO2/c1-11(2)17-15(4,10-18)7-8-19-13-6-5-12(3)14(16)9-13/h5-6,9,11,17-18H,7-8,10H2,1-4H3. The van der Waals surface area contributed by atoms with Gasteiger partial charge in [0.1, 0.15) is 11.6 Å². The number of ether oxygens (including phenoxy) is 1. The van der Waals surface area contributed by atoms with Crippen molar-refractivity contribution in [2.45, 2.75) is 45.7 Å². The van der Waals surface area contributed by atoms with Crippen LogP contribution in [0.15, 0.2) is 18.2 Å². The maximum absolute atomic E-state index is 13.3. The molecule has 1 rings (SSSR count). The van der Waals surface area contributed by atoms with E-state index >= 15 is 0 Å². The minimum Gasteiger partial charge on any atom is -0.493 e. The molecule has 1 atom stereocenters. The van der Waals surface area contributed by atoms with Crippen LogP contribution in [0.3, 0.4) is 0 Å². The van der Waals surface area contributed by atoms with Gasteiger partial charge in [-0.3, -0.25) is 0 Å². The summed E-state index contributed by atoms with van der Waals surface area (Å²) in [5.41, 5.74) is 0.228. The van der Waals surface area contributed by atoms with Crippen LogP contribution in [0.25, 0.3) is 0 Å². The molecule has 0 aliphatic carbocycles. The average Bonchev–Trinajstić information content (AvgIpc) is 2.33. The van der Waals surface area contributed by atoms with Gasteiger partial charge >= 0.3 is 0 Å². The zero-order chi connectivity index (χ0) is 14.5. The summed E-state index contributed by atoms with van der Waals surface area (Å²) >= 11 is 0. The van der Waals surface area contributed by atoms with Crippen molar-refractivity contribution in [1.29, 1.82) is 0 Å². The van der Waals surface area contributed by atoms with Crippen LogP contribution in [0, 0.1) is 12.7 Å². The average molecular weight is 269 g/mol. The van der Waals surface area contributed by atoms with Gasteiger partial charge in [-0.15, -0.1) is 0 Å². The molecule has 108 valence electrons. The second-order valence-electron chi connectivity index (χ2n) is 5.53. The summed E-state index contributed by atoms with van der Waals surface area (Å²) in [6.45, 7) is 8.20. The van der Waals surface area contributed by atoms with E-state index in [1.807, 2.05) is 20.8 Å². The lowest BCUT2D eigenvalue weighted by Gasteiger charge is -2.31. The number of aryl methyl sites for hydroxylation is 1. The smallest absolute Gasteiger partial charge is 0.129 e. The Balaban J connectivity index is 2.50. The molecular formula is C15H24FNO2. The predicted molar refractivity (Wildman–Crippen MR) is 75.0 cm³/mol. The third-order valence-corrected chi connectivity index (χ3v) is 3.05. The van der Waals surface area contributed by atoms with Crippen LogP contribution in [0.4, 0.5) is 4.39 Å². The van der Waals surface area contributed by atoms with E-state index in [0.717, 1.165) is 0 Å². The Bertz CT molecular complexity index is 409.